The molecule has 0 unspecified atom stereocenters. The quantitative estimate of drug-likeness (QED) is 0.477. The summed E-state index contributed by atoms with van der Waals surface area (Å²) in [6.45, 7) is 1.59. The fraction of sp³-hybridized carbons (Fsp3) is 0.350. The molecule has 9 nitrogen and oxygen atoms in total. The number of carbonyl (C=O) groups is 1. The Kier molecular flexibility index (Phi) is 7.05. The van der Waals surface area contributed by atoms with E-state index < -0.39 is 30.3 Å². The van der Waals surface area contributed by atoms with Crippen LogP contribution >= 0.6 is 11.3 Å². The lowest BCUT2D eigenvalue weighted by molar-refractivity contribution is -0.274. The van der Waals surface area contributed by atoms with Crippen molar-refractivity contribution in [3.63, 3.8) is 0 Å². The van der Waals surface area contributed by atoms with Crippen LogP contribution in [0.3, 0.4) is 0 Å². The summed E-state index contributed by atoms with van der Waals surface area (Å²) in [5, 5.41) is 22.4. The van der Waals surface area contributed by atoms with Gasteiger partial charge < -0.3 is 20.3 Å². The van der Waals surface area contributed by atoms with Crippen LogP contribution in [0, 0.1) is 5.82 Å². The lowest BCUT2D eigenvalue weighted by Gasteiger charge is -2.32. The van der Waals surface area contributed by atoms with Crippen molar-refractivity contribution in [2.24, 2.45) is 0 Å². The van der Waals surface area contributed by atoms with E-state index in [0.29, 0.717) is 5.13 Å². The second kappa shape index (κ2) is 10.2. The maximum Gasteiger partial charge on any atom is 0.573 e. The number of hydrogen-bond donors (Lipinski definition) is 2. The van der Waals surface area contributed by atoms with Crippen molar-refractivity contribution >= 4 is 33.3 Å². The van der Waals surface area contributed by atoms with Crippen LogP contribution in [0.2, 0.25) is 0 Å². The zero-order valence-electron chi connectivity index (χ0n) is 17.5. The monoisotopic (exact) mass is 497 g/mol. The van der Waals surface area contributed by atoms with Crippen molar-refractivity contribution in [2.75, 3.05) is 28.6 Å². The normalized spacial score (nSPS) is 14.6. The molecule has 4 rings (SSSR count). The molecule has 0 spiro atoms. The van der Waals surface area contributed by atoms with Crippen molar-refractivity contribution < 1.29 is 27.1 Å². The number of halogens is 4. The van der Waals surface area contributed by atoms with Crippen LogP contribution in [0.25, 0.3) is 0 Å². The predicted octanol–water partition coefficient (Wildman–Crippen LogP) is 3.63. The summed E-state index contributed by atoms with van der Waals surface area (Å²) in [5.41, 5.74) is -0.239. The summed E-state index contributed by atoms with van der Waals surface area (Å²) >= 11 is 1.11. The van der Waals surface area contributed by atoms with Gasteiger partial charge in [-0.25, -0.2) is 4.39 Å². The number of hydrogen-bond acceptors (Lipinski definition) is 9. The topological polar surface area (TPSA) is 105 Å². The zero-order chi connectivity index (χ0) is 24.1. The first-order chi connectivity index (χ1) is 16.2. The molecule has 0 atom stereocenters. The van der Waals surface area contributed by atoms with Crippen LogP contribution in [0.4, 0.5) is 33.6 Å². The SMILES string of the molecule is O=C(Cc1cc(OC(F)(F)F)ccc1F)Nc1nnc(NC2CCN(c3cccnn3)CC2)s1. The highest BCUT2D eigenvalue weighted by Crippen LogP contribution is 2.27. The van der Waals surface area contributed by atoms with Crippen molar-refractivity contribution in [2.45, 2.75) is 31.7 Å². The second-order valence-electron chi connectivity index (χ2n) is 7.43. The van der Waals surface area contributed by atoms with Crippen LogP contribution in [0.5, 0.6) is 5.75 Å². The van der Waals surface area contributed by atoms with E-state index in [-0.39, 0.29) is 16.7 Å². The van der Waals surface area contributed by atoms with Crippen LogP contribution in [-0.2, 0) is 11.2 Å². The fourth-order valence-electron chi connectivity index (χ4n) is 3.44. The maximum atomic E-state index is 13.9. The molecule has 1 amide bonds. The molecule has 2 aromatic heterocycles. The first-order valence-corrected chi connectivity index (χ1v) is 11.0. The lowest BCUT2D eigenvalue weighted by atomic mass is 10.1. The van der Waals surface area contributed by atoms with E-state index in [4.69, 9.17) is 0 Å². The van der Waals surface area contributed by atoms with Gasteiger partial charge in [-0.3, -0.25) is 4.79 Å². The third kappa shape index (κ3) is 6.50. The van der Waals surface area contributed by atoms with E-state index in [1.807, 2.05) is 12.1 Å². The van der Waals surface area contributed by atoms with Gasteiger partial charge in [0.25, 0.3) is 0 Å². The third-order valence-electron chi connectivity index (χ3n) is 4.98. The number of piperidine rings is 1. The average Bonchev–Trinajstić information content (AvgIpc) is 3.22. The van der Waals surface area contributed by atoms with Crippen molar-refractivity contribution in [3.05, 3.63) is 47.9 Å². The highest BCUT2D eigenvalue weighted by Gasteiger charge is 2.31. The third-order valence-corrected chi connectivity index (χ3v) is 5.75. The molecule has 0 saturated carbocycles. The first-order valence-electron chi connectivity index (χ1n) is 10.2. The maximum absolute atomic E-state index is 13.9. The molecule has 180 valence electrons. The molecule has 1 aromatic carbocycles. The Morgan fingerprint density at radius 1 is 1.15 bits per heavy atom. The van der Waals surface area contributed by atoms with E-state index in [1.165, 1.54) is 0 Å². The summed E-state index contributed by atoms with van der Waals surface area (Å²) in [5.74, 6) is -1.25. The molecule has 3 aromatic rings. The number of alkyl halides is 3. The van der Waals surface area contributed by atoms with Crippen LogP contribution < -0.4 is 20.3 Å². The number of aromatic nitrogens is 4. The van der Waals surface area contributed by atoms with Gasteiger partial charge >= 0.3 is 6.36 Å². The standard InChI is InChI=1S/C20H19F4N7O2S/c21-15-4-3-14(33-20(22,23)24)10-12(15)11-17(32)27-19-30-29-18(34-19)26-13-5-8-31(9-6-13)16-2-1-7-25-28-16/h1-4,7,10,13H,5-6,8-9,11H2,(H,26,29)(H,27,30,32). The van der Waals surface area contributed by atoms with Gasteiger partial charge in [0.15, 0.2) is 5.82 Å². The Morgan fingerprint density at radius 2 is 1.91 bits per heavy atom. The van der Waals surface area contributed by atoms with Gasteiger partial charge in [0.1, 0.15) is 11.6 Å². The van der Waals surface area contributed by atoms with Crippen LogP contribution in [0.15, 0.2) is 36.5 Å². The highest BCUT2D eigenvalue weighted by molar-refractivity contribution is 7.19. The number of rotatable bonds is 7. The second-order valence-corrected chi connectivity index (χ2v) is 8.40. The first kappa shape index (κ1) is 23.6. The van der Waals surface area contributed by atoms with E-state index in [2.05, 4.69) is 40.7 Å². The summed E-state index contributed by atoms with van der Waals surface area (Å²) in [6.07, 6.45) is -2.11. The number of nitrogens with zero attached hydrogens (tertiary/aromatic N) is 5. The Hall–Kier alpha value is -3.55. The van der Waals surface area contributed by atoms with Crippen LogP contribution in [-0.4, -0.2) is 51.8 Å². The molecule has 14 heteroatoms. The largest absolute Gasteiger partial charge is 0.573 e. The van der Waals surface area contributed by atoms with Gasteiger partial charge in [-0.1, -0.05) is 11.3 Å². The highest BCUT2D eigenvalue weighted by atomic mass is 32.1. The molecule has 0 aliphatic carbocycles. The van der Waals surface area contributed by atoms with Crippen molar-refractivity contribution in [1.82, 2.24) is 20.4 Å². The minimum absolute atomic E-state index is 0.162. The van der Waals surface area contributed by atoms with E-state index in [0.717, 1.165) is 61.3 Å². The molecule has 1 aliphatic heterocycles. The summed E-state index contributed by atoms with van der Waals surface area (Å²) in [6, 6.07) is 6.40. The molecular weight excluding hydrogens is 478 g/mol. The lowest BCUT2D eigenvalue weighted by Crippen LogP contribution is -2.39. The molecule has 0 radical (unpaired) electrons. The Morgan fingerprint density at radius 3 is 2.62 bits per heavy atom. The van der Waals surface area contributed by atoms with Gasteiger partial charge in [0.2, 0.25) is 16.2 Å². The molecule has 0 bridgehead atoms. The fourth-order valence-corrected chi connectivity index (χ4v) is 4.18. The Bertz CT molecular complexity index is 1120. The summed E-state index contributed by atoms with van der Waals surface area (Å²) in [4.78, 5) is 14.4. The summed E-state index contributed by atoms with van der Waals surface area (Å²) < 4.78 is 54.8. The molecule has 1 saturated heterocycles. The number of carbonyl (C=O) groups excluding carboxylic acids is 1. The Labute approximate surface area is 195 Å². The predicted molar refractivity (Wildman–Crippen MR) is 116 cm³/mol. The number of ether oxygens (including phenoxy) is 1. The van der Waals surface area contributed by atoms with E-state index in [9.17, 15) is 22.4 Å². The number of nitrogens with one attached hydrogen (secondary N) is 2. The minimum Gasteiger partial charge on any atom is -0.406 e. The van der Waals surface area contributed by atoms with Gasteiger partial charge in [0, 0.05) is 30.9 Å². The molecule has 34 heavy (non-hydrogen) atoms. The van der Waals surface area contributed by atoms with Crippen molar-refractivity contribution in [1.29, 1.82) is 0 Å². The van der Waals surface area contributed by atoms with E-state index in [1.54, 1.807) is 6.20 Å². The van der Waals surface area contributed by atoms with Crippen LogP contribution in [0.1, 0.15) is 18.4 Å². The molecule has 3 heterocycles. The molecule has 1 aliphatic rings. The molecule has 1 fully saturated rings. The number of amides is 1. The smallest absolute Gasteiger partial charge is 0.406 e. The summed E-state index contributed by atoms with van der Waals surface area (Å²) in [7, 11) is 0. The number of benzene rings is 1. The molecule has 2 N–H and O–H groups in total. The Balaban J connectivity index is 1.28. The van der Waals surface area contributed by atoms with Gasteiger partial charge in [0.05, 0.1) is 6.42 Å². The van der Waals surface area contributed by atoms with Gasteiger partial charge in [-0.15, -0.1) is 28.5 Å². The van der Waals surface area contributed by atoms with Gasteiger partial charge in [-0.05, 0) is 43.2 Å². The molecular formula is C20H19F4N7O2S. The zero-order valence-corrected chi connectivity index (χ0v) is 18.4. The van der Waals surface area contributed by atoms with Gasteiger partial charge in [-0.2, -0.15) is 5.10 Å². The van der Waals surface area contributed by atoms with E-state index >= 15 is 0 Å². The minimum atomic E-state index is -4.92. The number of anilines is 3. The average molecular weight is 497 g/mol. The van der Waals surface area contributed by atoms with Crippen molar-refractivity contribution in [3.8, 4) is 5.75 Å².